The zero-order valence-electron chi connectivity index (χ0n) is 37.5. The lowest BCUT2D eigenvalue weighted by molar-refractivity contribution is -0.220. The summed E-state index contributed by atoms with van der Waals surface area (Å²) in [7, 11) is -5.04. The summed E-state index contributed by atoms with van der Waals surface area (Å²) in [5.74, 6) is -0.512. The topological polar surface area (TPSA) is 192 Å². The number of phosphoric acid groups is 1. The molecule has 1 aliphatic rings. The molecule has 0 spiro atoms. The average Bonchev–Trinajstić information content (AvgIpc) is 3.23. The van der Waals surface area contributed by atoms with E-state index in [-0.39, 0.29) is 13.0 Å². The van der Waals surface area contributed by atoms with Crippen molar-refractivity contribution in [1.29, 1.82) is 0 Å². The average molecular weight is 875 g/mol. The first-order valence-corrected chi connectivity index (χ1v) is 25.4. The van der Waals surface area contributed by atoms with Crippen molar-refractivity contribution in [3.63, 3.8) is 0 Å². The molecule has 0 radical (unpaired) electrons. The number of aliphatic hydroxyl groups excluding tert-OH is 5. The molecule has 1 rings (SSSR count). The summed E-state index contributed by atoms with van der Waals surface area (Å²) >= 11 is 0. The van der Waals surface area contributed by atoms with Crippen LogP contribution in [0.3, 0.4) is 0 Å². The van der Waals surface area contributed by atoms with Crippen molar-refractivity contribution in [3.05, 3.63) is 36.6 Å². The Bertz CT molecular complexity index is 1130. The minimum absolute atomic E-state index is 0.155. The summed E-state index contributed by atoms with van der Waals surface area (Å²) in [4.78, 5) is 23.1. The van der Waals surface area contributed by atoms with Crippen LogP contribution in [-0.2, 0) is 27.9 Å². The van der Waals surface area contributed by atoms with Crippen molar-refractivity contribution in [3.8, 4) is 0 Å². The number of aliphatic hydroxyl groups is 5. The minimum Gasteiger partial charge on any atom is -0.498 e. The maximum Gasteiger partial charge on any atom is 0.472 e. The Hall–Kier alpha value is -1.60. The number of carbonyl (C=O) groups is 1. The van der Waals surface area contributed by atoms with E-state index in [9.17, 15) is 39.8 Å². The van der Waals surface area contributed by atoms with Gasteiger partial charge in [-0.3, -0.25) is 13.8 Å². The summed E-state index contributed by atoms with van der Waals surface area (Å²) in [6.07, 6.45) is 32.9. The molecule has 0 aromatic heterocycles. The van der Waals surface area contributed by atoms with Crippen LogP contribution in [0.25, 0.3) is 0 Å². The van der Waals surface area contributed by atoms with E-state index in [0.717, 1.165) is 64.2 Å². The highest BCUT2D eigenvalue weighted by Crippen LogP contribution is 2.47. The number of esters is 1. The van der Waals surface area contributed by atoms with Crippen molar-refractivity contribution in [2.45, 2.75) is 243 Å². The van der Waals surface area contributed by atoms with E-state index in [0.29, 0.717) is 6.42 Å². The van der Waals surface area contributed by atoms with Crippen molar-refractivity contribution in [2.75, 3.05) is 13.2 Å². The summed E-state index contributed by atoms with van der Waals surface area (Å²) in [6.45, 7) is 3.70. The normalized spacial score (nSPS) is 22.5. The smallest absolute Gasteiger partial charge is 0.472 e. The molecule has 12 nitrogen and oxygen atoms in total. The van der Waals surface area contributed by atoms with Gasteiger partial charge in [-0.15, -0.1) is 0 Å². The van der Waals surface area contributed by atoms with Gasteiger partial charge in [0.05, 0.1) is 12.9 Å². The van der Waals surface area contributed by atoms with Crippen molar-refractivity contribution in [1.82, 2.24) is 0 Å². The summed E-state index contributed by atoms with van der Waals surface area (Å²) in [5.41, 5.74) is 0. The van der Waals surface area contributed by atoms with Crippen LogP contribution in [0.4, 0.5) is 0 Å². The van der Waals surface area contributed by atoms with Gasteiger partial charge in [-0.25, -0.2) is 4.57 Å². The van der Waals surface area contributed by atoms with Gasteiger partial charge in [-0.1, -0.05) is 167 Å². The molecular formula is C47H87O12P. The Morgan fingerprint density at radius 3 is 1.43 bits per heavy atom. The first-order chi connectivity index (χ1) is 29.0. The second-order valence-corrected chi connectivity index (χ2v) is 18.1. The van der Waals surface area contributed by atoms with Crippen LogP contribution in [0.5, 0.6) is 0 Å². The Balaban J connectivity index is 2.41. The highest BCUT2D eigenvalue weighted by Gasteiger charge is 2.51. The number of hydrogen-bond donors (Lipinski definition) is 6. The van der Waals surface area contributed by atoms with Gasteiger partial charge in [0.2, 0.25) is 0 Å². The Labute approximate surface area is 363 Å². The van der Waals surface area contributed by atoms with Gasteiger partial charge >= 0.3 is 13.8 Å². The fraction of sp³-hybridized carbons (Fsp3) is 0.851. The number of carbonyl (C=O) groups excluding carboxylic acids is 1. The lowest BCUT2D eigenvalue weighted by Crippen LogP contribution is -2.64. The Kier molecular flexibility index (Phi) is 35.6. The zero-order chi connectivity index (χ0) is 44.1. The molecule has 0 aliphatic heterocycles. The van der Waals surface area contributed by atoms with Gasteiger partial charge < -0.3 is 39.9 Å². The lowest BCUT2D eigenvalue weighted by atomic mass is 9.85. The standard InChI is InChI=1S/C47H87O12P/c1-3-5-7-9-11-13-15-17-19-20-21-23-25-27-29-31-33-35-37-56-38-40(39-57-60(54,55)59-47-45(52)43(50)42(49)44(51)46(47)53)58-41(48)36-34-32-30-28-26-24-22-18-16-14-12-10-8-6-4-2/h12,14,18,22,35,37,40,42-47,49-53H,3-11,13,15-17,19-21,23-34,36,38-39H2,1-2H3,(H,54,55)/b14-12-,22-18-,37-35-/t40-,42?,43-,44?,45?,46?,47?/m1/s1. The third kappa shape index (κ3) is 29.7. The van der Waals surface area contributed by atoms with Crippen molar-refractivity contribution >= 4 is 13.8 Å². The van der Waals surface area contributed by atoms with E-state index in [4.69, 9.17) is 18.5 Å². The number of allylic oxidation sites excluding steroid dienone is 5. The van der Waals surface area contributed by atoms with Crippen LogP contribution < -0.4 is 0 Å². The number of rotatable bonds is 40. The molecule has 1 fully saturated rings. The van der Waals surface area contributed by atoms with E-state index in [2.05, 4.69) is 38.2 Å². The van der Waals surface area contributed by atoms with Crippen LogP contribution >= 0.6 is 7.82 Å². The predicted molar refractivity (Wildman–Crippen MR) is 239 cm³/mol. The SMILES string of the molecule is CCCCC/C=C\C/C=C\CCCCCCCC(=O)O[C@H](CO/C=C\CCCCCCCCCCCCCCCCCC)COP(=O)(O)OC1C(O)C(O)C(O)[C@@H](O)C1O. The fourth-order valence-electron chi connectivity index (χ4n) is 7.23. The van der Waals surface area contributed by atoms with Gasteiger partial charge in [-0.05, 0) is 57.4 Å². The molecule has 13 heteroatoms. The van der Waals surface area contributed by atoms with E-state index in [1.807, 2.05) is 6.08 Å². The monoisotopic (exact) mass is 875 g/mol. The van der Waals surface area contributed by atoms with Gasteiger partial charge in [0.15, 0.2) is 6.10 Å². The van der Waals surface area contributed by atoms with Gasteiger partial charge in [-0.2, -0.15) is 0 Å². The van der Waals surface area contributed by atoms with E-state index >= 15 is 0 Å². The van der Waals surface area contributed by atoms with Gasteiger partial charge in [0, 0.05) is 6.42 Å². The van der Waals surface area contributed by atoms with Crippen LogP contribution in [-0.4, -0.2) is 92.3 Å². The Morgan fingerprint density at radius 2 is 0.933 bits per heavy atom. The molecule has 0 amide bonds. The van der Waals surface area contributed by atoms with Crippen LogP contribution in [0, 0.1) is 0 Å². The summed E-state index contributed by atoms with van der Waals surface area (Å²) in [6, 6.07) is 0. The molecule has 0 saturated heterocycles. The minimum atomic E-state index is -5.04. The van der Waals surface area contributed by atoms with Crippen LogP contribution in [0.15, 0.2) is 36.6 Å². The number of unbranched alkanes of at least 4 members (excludes halogenated alkanes) is 24. The largest absolute Gasteiger partial charge is 0.498 e. The number of hydrogen-bond acceptors (Lipinski definition) is 11. The summed E-state index contributed by atoms with van der Waals surface area (Å²) in [5, 5.41) is 50.2. The number of phosphoric ester groups is 1. The molecule has 60 heavy (non-hydrogen) atoms. The van der Waals surface area contributed by atoms with E-state index < -0.39 is 63.1 Å². The molecule has 0 aromatic rings. The van der Waals surface area contributed by atoms with E-state index in [1.54, 1.807) is 0 Å². The second-order valence-electron chi connectivity index (χ2n) is 16.7. The molecule has 1 saturated carbocycles. The molecule has 1 aliphatic carbocycles. The molecule has 0 heterocycles. The predicted octanol–water partition coefficient (Wildman–Crippen LogP) is 10.2. The molecule has 6 unspecified atom stereocenters. The van der Waals surface area contributed by atoms with Crippen molar-refractivity contribution in [2.24, 2.45) is 0 Å². The lowest BCUT2D eigenvalue weighted by Gasteiger charge is -2.41. The first-order valence-electron chi connectivity index (χ1n) is 23.9. The first kappa shape index (κ1) is 56.4. The third-order valence-corrected chi connectivity index (χ3v) is 12.1. The third-order valence-electron chi connectivity index (χ3n) is 11.1. The fourth-order valence-corrected chi connectivity index (χ4v) is 8.21. The highest BCUT2D eigenvalue weighted by molar-refractivity contribution is 7.47. The molecule has 352 valence electrons. The molecule has 6 N–H and O–H groups in total. The van der Waals surface area contributed by atoms with Gasteiger partial charge in [0.25, 0.3) is 0 Å². The zero-order valence-corrected chi connectivity index (χ0v) is 38.4. The Morgan fingerprint density at radius 1 is 0.533 bits per heavy atom. The molecule has 0 aromatic carbocycles. The molecule has 8 atom stereocenters. The highest BCUT2D eigenvalue weighted by atomic mass is 31.2. The quantitative estimate of drug-likeness (QED) is 0.0112. The van der Waals surface area contributed by atoms with Crippen LogP contribution in [0.2, 0.25) is 0 Å². The van der Waals surface area contributed by atoms with Crippen LogP contribution in [0.1, 0.15) is 200 Å². The second kappa shape index (κ2) is 37.9. The maximum absolute atomic E-state index is 12.8. The van der Waals surface area contributed by atoms with E-state index in [1.165, 1.54) is 115 Å². The van der Waals surface area contributed by atoms with Gasteiger partial charge in [0.1, 0.15) is 43.2 Å². The number of ether oxygens (including phenoxy) is 2. The summed E-state index contributed by atoms with van der Waals surface area (Å²) < 4.78 is 33.9. The molecular weight excluding hydrogens is 787 g/mol. The molecule has 0 bridgehead atoms. The van der Waals surface area contributed by atoms with Crippen molar-refractivity contribution < 1.29 is 58.3 Å². The maximum atomic E-state index is 12.8.